The van der Waals surface area contributed by atoms with Crippen molar-refractivity contribution in [2.75, 3.05) is 19.1 Å². The molecule has 0 radical (unpaired) electrons. The summed E-state index contributed by atoms with van der Waals surface area (Å²) >= 11 is 0. The molecule has 25 heavy (non-hydrogen) atoms. The van der Waals surface area contributed by atoms with Gasteiger partial charge in [0.05, 0.1) is 6.61 Å². The molecule has 1 fully saturated rings. The summed E-state index contributed by atoms with van der Waals surface area (Å²) in [4.78, 5) is 25.6. The van der Waals surface area contributed by atoms with Crippen LogP contribution in [0.3, 0.4) is 0 Å². The molecule has 1 saturated heterocycles. The number of carbonyl (C=O) groups is 2. The summed E-state index contributed by atoms with van der Waals surface area (Å²) in [6, 6.07) is -0.118. The Morgan fingerprint density at radius 3 is 2.12 bits per heavy atom. The van der Waals surface area contributed by atoms with Gasteiger partial charge in [0, 0.05) is 17.2 Å². The second-order valence-corrected chi connectivity index (χ2v) is 12.3. The van der Waals surface area contributed by atoms with E-state index in [0.717, 1.165) is 0 Å². The van der Waals surface area contributed by atoms with Crippen molar-refractivity contribution >= 4 is 22.3 Å². The molecule has 1 aliphatic heterocycles. The van der Waals surface area contributed by atoms with Gasteiger partial charge in [-0.05, 0) is 46.1 Å². The van der Waals surface area contributed by atoms with Gasteiger partial charge in [0.1, 0.15) is 5.60 Å². The smallest absolute Gasteiger partial charge is 0.417 e. The first-order valence-corrected chi connectivity index (χ1v) is 11.5. The van der Waals surface area contributed by atoms with E-state index in [2.05, 4.69) is 33.3 Å². The zero-order valence-electron chi connectivity index (χ0n) is 17.9. The molecule has 1 aliphatic rings. The monoisotopic (exact) mass is 377 g/mol. The standard InChI is InChI=1S/C17H33NO4S.C2H6/c1-16(2,3)22-15(20)18-13(9-10-14(18)19)11-12-21-23(7,8)17(4,5)6;1-2/h13H,9-12H2,1-8H3;1-2H3/t13-;/m0./s1. The Labute approximate surface area is 156 Å². The van der Waals surface area contributed by atoms with Gasteiger partial charge >= 0.3 is 6.09 Å². The van der Waals surface area contributed by atoms with Crippen LogP contribution in [0.2, 0.25) is 0 Å². The van der Waals surface area contributed by atoms with E-state index >= 15 is 0 Å². The third kappa shape index (κ3) is 7.57. The van der Waals surface area contributed by atoms with Crippen LogP contribution < -0.4 is 0 Å². The molecular weight excluding hydrogens is 338 g/mol. The minimum atomic E-state index is -1.19. The minimum Gasteiger partial charge on any atom is -0.443 e. The summed E-state index contributed by atoms with van der Waals surface area (Å²) in [7, 11) is -1.19. The van der Waals surface area contributed by atoms with E-state index < -0.39 is 22.0 Å². The molecule has 0 aromatic carbocycles. The van der Waals surface area contributed by atoms with E-state index in [1.165, 1.54) is 4.90 Å². The van der Waals surface area contributed by atoms with Gasteiger partial charge in [-0.15, -0.1) is 10.3 Å². The fraction of sp³-hybridized carbons (Fsp3) is 0.895. The van der Waals surface area contributed by atoms with E-state index in [9.17, 15) is 9.59 Å². The molecular formula is C19H39NO4S. The predicted octanol–water partition coefficient (Wildman–Crippen LogP) is 5.12. The molecule has 0 aromatic rings. The lowest BCUT2D eigenvalue weighted by Crippen LogP contribution is -2.42. The number of carbonyl (C=O) groups excluding carboxylic acids is 2. The van der Waals surface area contributed by atoms with Crippen LogP contribution in [0.15, 0.2) is 0 Å². The zero-order valence-corrected chi connectivity index (χ0v) is 18.7. The number of ether oxygens (including phenoxy) is 1. The van der Waals surface area contributed by atoms with Crippen LogP contribution in [0.5, 0.6) is 0 Å². The van der Waals surface area contributed by atoms with Crippen molar-refractivity contribution in [1.82, 2.24) is 4.90 Å². The molecule has 0 N–H and O–H groups in total. The maximum absolute atomic E-state index is 12.2. The van der Waals surface area contributed by atoms with Crippen LogP contribution in [-0.4, -0.2) is 52.4 Å². The van der Waals surface area contributed by atoms with Gasteiger partial charge in [-0.1, -0.05) is 34.6 Å². The second-order valence-electron chi connectivity index (χ2n) is 8.39. The first-order valence-electron chi connectivity index (χ1n) is 9.17. The Morgan fingerprint density at radius 2 is 1.68 bits per heavy atom. The minimum absolute atomic E-state index is 0.101. The summed E-state index contributed by atoms with van der Waals surface area (Å²) in [6.07, 6.45) is 5.52. The highest BCUT2D eigenvalue weighted by Gasteiger charge is 2.38. The molecule has 1 atom stereocenters. The van der Waals surface area contributed by atoms with Gasteiger partial charge in [0.2, 0.25) is 5.91 Å². The zero-order chi connectivity index (χ0) is 20.1. The maximum atomic E-state index is 12.2. The lowest BCUT2D eigenvalue weighted by atomic mass is 10.1. The van der Waals surface area contributed by atoms with Crippen molar-refractivity contribution in [3.63, 3.8) is 0 Å². The van der Waals surface area contributed by atoms with Crippen molar-refractivity contribution in [2.45, 2.75) is 91.0 Å². The topological polar surface area (TPSA) is 55.8 Å². The number of hydrogen-bond donors (Lipinski definition) is 0. The van der Waals surface area contributed by atoms with E-state index in [0.29, 0.717) is 25.9 Å². The van der Waals surface area contributed by atoms with Crippen molar-refractivity contribution in [2.24, 2.45) is 0 Å². The molecule has 0 aromatic heterocycles. The molecule has 2 amide bonds. The van der Waals surface area contributed by atoms with Crippen molar-refractivity contribution in [3.8, 4) is 0 Å². The molecule has 0 spiro atoms. The predicted molar refractivity (Wildman–Crippen MR) is 107 cm³/mol. The van der Waals surface area contributed by atoms with E-state index in [4.69, 9.17) is 8.92 Å². The summed E-state index contributed by atoms with van der Waals surface area (Å²) in [5.74, 6) is -0.147. The van der Waals surface area contributed by atoms with Crippen molar-refractivity contribution in [3.05, 3.63) is 0 Å². The lowest BCUT2D eigenvalue weighted by Gasteiger charge is -2.44. The van der Waals surface area contributed by atoms with Crippen LogP contribution in [0.1, 0.15) is 74.7 Å². The van der Waals surface area contributed by atoms with E-state index in [-0.39, 0.29) is 16.7 Å². The summed E-state index contributed by atoms with van der Waals surface area (Å²) in [5, 5.41) is 0. The number of hydrogen-bond acceptors (Lipinski definition) is 4. The number of rotatable bonds is 4. The van der Waals surface area contributed by atoms with Gasteiger partial charge in [-0.2, -0.15) is 0 Å². The lowest BCUT2D eigenvalue weighted by molar-refractivity contribution is -0.128. The van der Waals surface area contributed by atoms with Crippen LogP contribution in [0, 0.1) is 0 Å². The molecule has 1 rings (SSSR count). The molecule has 6 heteroatoms. The molecule has 0 bridgehead atoms. The average Bonchev–Trinajstić information content (AvgIpc) is 2.79. The number of amides is 2. The normalized spacial score (nSPS) is 19.4. The van der Waals surface area contributed by atoms with Crippen LogP contribution in [-0.2, 0) is 13.7 Å². The van der Waals surface area contributed by atoms with Gasteiger partial charge in [-0.3, -0.25) is 4.79 Å². The third-order valence-electron chi connectivity index (χ3n) is 4.22. The molecule has 0 aliphatic carbocycles. The summed E-state index contributed by atoms with van der Waals surface area (Å²) < 4.78 is 11.6. The first kappa shape index (κ1) is 24.2. The number of likely N-dealkylation sites (tertiary alicyclic amines) is 1. The largest absolute Gasteiger partial charge is 0.443 e. The molecule has 150 valence electrons. The van der Waals surface area contributed by atoms with E-state index in [1.807, 2.05) is 13.8 Å². The first-order chi connectivity index (χ1) is 11.2. The second kappa shape index (κ2) is 9.26. The molecule has 5 nitrogen and oxygen atoms in total. The highest BCUT2D eigenvalue weighted by Crippen LogP contribution is 2.53. The Balaban J connectivity index is 0.00000277. The fourth-order valence-electron chi connectivity index (χ4n) is 2.15. The Bertz CT molecular complexity index is 449. The SMILES string of the molecule is CC.CC(C)(C)OC(=O)N1C(=O)CC[C@H]1CCOS(C)(C)C(C)(C)C. The molecule has 0 unspecified atom stereocenters. The summed E-state index contributed by atoms with van der Waals surface area (Å²) in [5.41, 5.74) is -0.598. The van der Waals surface area contributed by atoms with Gasteiger partial charge in [0.25, 0.3) is 0 Å². The Hall–Kier alpha value is -0.750. The maximum Gasteiger partial charge on any atom is 0.417 e. The van der Waals surface area contributed by atoms with Gasteiger partial charge in [0.15, 0.2) is 0 Å². The Kier molecular flexibility index (Phi) is 8.99. The Morgan fingerprint density at radius 1 is 1.16 bits per heavy atom. The fourth-order valence-corrected chi connectivity index (χ4v) is 3.01. The summed E-state index contributed by atoms with van der Waals surface area (Å²) in [6.45, 7) is 16.5. The average molecular weight is 378 g/mol. The molecule has 1 heterocycles. The third-order valence-corrected chi connectivity index (χ3v) is 7.92. The van der Waals surface area contributed by atoms with Crippen molar-refractivity contribution in [1.29, 1.82) is 0 Å². The number of imide groups is 1. The van der Waals surface area contributed by atoms with E-state index in [1.54, 1.807) is 20.8 Å². The molecule has 0 saturated carbocycles. The highest BCUT2D eigenvalue weighted by molar-refractivity contribution is 8.29. The van der Waals surface area contributed by atoms with Gasteiger partial charge in [-0.25, -0.2) is 9.69 Å². The number of nitrogens with zero attached hydrogens (tertiary/aromatic N) is 1. The van der Waals surface area contributed by atoms with Crippen LogP contribution >= 0.6 is 10.3 Å². The van der Waals surface area contributed by atoms with Crippen LogP contribution in [0.4, 0.5) is 4.79 Å². The van der Waals surface area contributed by atoms with Crippen LogP contribution in [0.25, 0.3) is 0 Å². The van der Waals surface area contributed by atoms with Gasteiger partial charge < -0.3 is 8.92 Å². The highest BCUT2D eigenvalue weighted by atomic mass is 32.3. The quantitative estimate of drug-likeness (QED) is 0.682. The van der Waals surface area contributed by atoms with Crippen molar-refractivity contribution < 1.29 is 18.5 Å².